The number of aromatic nitrogens is 1. The lowest BCUT2D eigenvalue weighted by atomic mass is 9.87. The van der Waals surface area contributed by atoms with Crippen LogP contribution in [0.3, 0.4) is 0 Å². The molecule has 0 amide bonds. The van der Waals surface area contributed by atoms with Crippen molar-refractivity contribution in [2.75, 3.05) is 0 Å². The van der Waals surface area contributed by atoms with E-state index in [0.717, 1.165) is 5.69 Å². The second kappa shape index (κ2) is 5.09. The summed E-state index contributed by atoms with van der Waals surface area (Å²) in [6.45, 7) is 1.92. The van der Waals surface area contributed by atoms with Gasteiger partial charge < -0.3 is 14.3 Å². The highest BCUT2D eigenvalue weighted by Crippen LogP contribution is 2.33. The molecule has 0 radical (unpaired) electrons. The highest BCUT2D eigenvalue weighted by molar-refractivity contribution is 5.92. The lowest BCUT2D eigenvalue weighted by Gasteiger charge is -2.33. The SMILES string of the molecule is C[C@@H](Cc1cocn1)[C@@H]1OC(=O)c2ccccc2[C@@H]1O. The quantitative estimate of drug-likeness (QED) is 0.867. The Morgan fingerprint density at radius 1 is 1.40 bits per heavy atom. The summed E-state index contributed by atoms with van der Waals surface area (Å²) in [5.74, 6) is -0.449. The molecular weight excluding hydrogens is 258 g/mol. The number of carbonyl (C=O) groups is 1. The number of fused-ring (bicyclic) bond motifs is 1. The second-order valence-electron chi connectivity index (χ2n) is 5.06. The molecule has 3 rings (SSSR count). The van der Waals surface area contributed by atoms with E-state index < -0.39 is 12.2 Å². The molecule has 1 aromatic heterocycles. The van der Waals surface area contributed by atoms with Crippen LogP contribution in [-0.2, 0) is 11.2 Å². The minimum atomic E-state index is -0.814. The zero-order valence-corrected chi connectivity index (χ0v) is 11.0. The predicted molar refractivity (Wildman–Crippen MR) is 70.0 cm³/mol. The summed E-state index contributed by atoms with van der Waals surface area (Å²) in [5, 5.41) is 10.4. The van der Waals surface area contributed by atoms with Crippen molar-refractivity contribution in [3.63, 3.8) is 0 Å². The van der Waals surface area contributed by atoms with Crippen molar-refractivity contribution < 1.29 is 19.1 Å². The molecule has 0 fully saturated rings. The van der Waals surface area contributed by atoms with Gasteiger partial charge in [0.15, 0.2) is 6.39 Å². The molecule has 104 valence electrons. The number of nitrogens with zero attached hydrogens (tertiary/aromatic N) is 1. The molecular formula is C15H15NO4. The van der Waals surface area contributed by atoms with Crippen LogP contribution < -0.4 is 0 Å². The zero-order valence-electron chi connectivity index (χ0n) is 11.0. The van der Waals surface area contributed by atoms with Gasteiger partial charge in [-0.2, -0.15) is 0 Å². The minimum absolute atomic E-state index is 0.0626. The van der Waals surface area contributed by atoms with Crippen molar-refractivity contribution in [2.45, 2.75) is 25.6 Å². The smallest absolute Gasteiger partial charge is 0.338 e. The van der Waals surface area contributed by atoms with Gasteiger partial charge in [-0.1, -0.05) is 25.1 Å². The number of benzene rings is 1. The van der Waals surface area contributed by atoms with E-state index in [1.54, 1.807) is 30.5 Å². The fourth-order valence-corrected chi connectivity index (χ4v) is 2.58. The van der Waals surface area contributed by atoms with Gasteiger partial charge in [-0.15, -0.1) is 0 Å². The summed E-state index contributed by atoms with van der Waals surface area (Å²) < 4.78 is 10.3. The number of aliphatic hydroxyl groups excluding tert-OH is 1. The van der Waals surface area contributed by atoms with E-state index in [0.29, 0.717) is 17.5 Å². The van der Waals surface area contributed by atoms with Gasteiger partial charge in [0.2, 0.25) is 0 Å². The lowest BCUT2D eigenvalue weighted by Crippen LogP contribution is -2.37. The molecule has 0 saturated carbocycles. The van der Waals surface area contributed by atoms with Crippen LogP contribution in [0.15, 0.2) is 41.3 Å². The Bertz CT molecular complexity index is 608. The Labute approximate surface area is 116 Å². The number of hydrogen-bond acceptors (Lipinski definition) is 5. The van der Waals surface area contributed by atoms with E-state index in [1.165, 1.54) is 6.39 Å². The molecule has 1 aromatic carbocycles. The number of cyclic esters (lactones) is 1. The molecule has 0 aliphatic carbocycles. The highest BCUT2D eigenvalue weighted by atomic mass is 16.6. The molecule has 0 unspecified atom stereocenters. The molecule has 5 nitrogen and oxygen atoms in total. The first-order valence-corrected chi connectivity index (χ1v) is 6.52. The van der Waals surface area contributed by atoms with Crippen molar-refractivity contribution in [3.05, 3.63) is 53.7 Å². The van der Waals surface area contributed by atoms with E-state index in [-0.39, 0.29) is 11.9 Å². The van der Waals surface area contributed by atoms with Crippen LogP contribution in [0.25, 0.3) is 0 Å². The van der Waals surface area contributed by atoms with E-state index in [1.807, 2.05) is 6.92 Å². The molecule has 0 saturated heterocycles. The average Bonchev–Trinajstić information content (AvgIpc) is 2.95. The Morgan fingerprint density at radius 3 is 2.95 bits per heavy atom. The Morgan fingerprint density at radius 2 is 2.20 bits per heavy atom. The first-order chi connectivity index (χ1) is 9.66. The van der Waals surface area contributed by atoms with Crippen molar-refractivity contribution in [3.8, 4) is 0 Å². The van der Waals surface area contributed by atoms with E-state index >= 15 is 0 Å². The summed E-state index contributed by atoms with van der Waals surface area (Å²) in [6, 6.07) is 6.99. The van der Waals surface area contributed by atoms with Crippen LogP contribution >= 0.6 is 0 Å². The van der Waals surface area contributed by atoms with E-state index in [2.05, 4.69) is 4.98 Å². The Hall–Kier alpha value is -2.14. The third kappa shape index (κ3) is 2.20. The van der Waals surface area contributed by atoms with Crippen molar-refractivity contribution >= 4 is 5.97 Å². The summed E-state index contributed by atoms with van der Waals surface area (Å²) >= 11 is 0. The first kappa shape index (κ1) is 12.9. The van der Waals surface area contributed by atoms with Crippen LogP contribution in [0.2, 0.25) is 0 Å². The number of ether oxygens (including phenoxy) is 1. The maximum atomic E-state index is 12.0. The number of hydrogen-bond donors (Lipinski definition) is 1. The zero-order chi connectivity index (χ0) is 14.1. The third-order valence-electron chi connectivity index (χ3n) is 3.63. The average molecular weight is 273 g/mol. The molecule has 0 bridgehead atoms. The highest BCUT2D eigenvalue weighted by Gasteiger charge is 2.37. The fraction of sp³-hybridized carbons (Fsp3) is 0.333. The summed E-state index contributed by atoms with van der Waals surface area (Å²) in [6.07, 6.45) is 2.11. The van der Waals surface area contributed by atoms with Gasteiger partial charge in [-0.05, 0) is 18.1 Å². The summed E-state index contributed by atoms with van der Waals surface area (Å²) in [5.41, 5.74) is 1.84. The largest absolute Gasteiger partial charge is 0.455 e. The maximum Gasteiger partial charge on any atom is 0.338 e. The first-order valence-electron chi connectivity index (χ1n) is 6.52. The van der Waals surface area contributed by atoms with Gasteiger partial charge in [-0.25, -0.2) is 9.78 Å². The number of oxazole rings is 1. The molecule has 3 atom stereocenters. The number of aliphatic hydroxyl groups is 1. The van der Waals surface area contributed by atoms with Crippen LogP contribution in [-0.4, -0.2) is 22.2 Å². The van der Waals surface area contributed by atoms with Gasteiger partial charge in [0, 0.05) is 5.92 Å². The van der Waals surface area contributed by atoms with Crippen molar-refractivity contribution in [1.29, 1.82) is 0 Å². The molecule has 1 aliphatic rings. The van der Waals surface area contributed by atoms with Crippen LogP contribution in [0.1, 0.15) is 34.6 Å². The monoisotopic (exact) mass is 273 g/mol. The second-order valence-corrected chi connectivity index (χ2v) is 5.06. The van der Waals surface area contributed by atoms with Crippen LogP contribution in [0.5, 0.6) is 0 Å². The molecule has 2 aromatic rings. The van der Waals surface area contributed by atoms with E-state index in [4.69, 9.17) is 9.15 Å². The number of rotatable bonds is 3. The third-order valence-corrected chi connectivity index (χ3v) is 3.63. The molecule has 1 N–H and O–H groups in total. The van der Waals surface area contributed by atoms with Gasteiger partial charge in [0.25, 0.3) is 0 Å². The fourth-order valence-electron chi connectivity index (χ4n) is 2.58. The van der Waals surface area contributed by atoms with Crippen LogP contribution in [0.4, 0.5) is 0 Å². The normalized spacial score (nSPS) is 23.0. The van der Waals surface area contributed by atoms with Gasteiger partial charge in [0.05, 0.1) is 11.3 Å². The topological polar surface area (TPSA) is 72.6 Å². The number of esters is 1. The van der Waals surface area contributed by atoms with Gasteiger partial charge in [-0.3, -0.25) is 0 Å². The summed E-state index contributed by atoms with van der Waals surface area (Å²) in [4.78, 5) is 16.0. The molecule has 1 aliphatic heterocycles. The predicted octanol–water partition coefficient (Wildman–Crippen LogP) is 2.13. The Kier molecular flexibility index (Phi) is 3.28. The Balaban J connectivity index is 1.83. The van der Waals surface area contributed by atoms with Crippen LogP contribution in [0, 0.1) is 5.92 Å². The summed E-state index contributed by atoms with van der Waals surface area (Å²) in [7, 11) is 0. The van der Waals surface area contributed by atoms with Crippen molar-refractivity contribution in [1.82, 2.24) is 4.98 Å². The van der Waals surface area contributed by atoms with Gasteiger partial charge >= 0.3 is 5.97 Å². The molecule has 5 heteroatoms. The standard InChI is InChI=1S/C15H15NO4/c1-9(6-10-7-19-8-16-10)14-13(17)11-4-2-3-5-12(11)15(18)20-14/h2-5,7-9,13-14,17H,6H2,1H3/t9-,13-,14-/m0/s1. The molecule has 2 heterocycles. The molecule has 20 heavy (non-hydrogen) atoms. The molecule has 0 spiro atoms. The maximum absolute atomic E-state index is 12.0. The number of carbonyl (C=O) groups excluding carboxylic acids is 1. The lowest BCUT2D eigenvalue weighted by molar-refractivity contribution is -0.0509. The van der Waals surface area contributed by atoms with Gasteiger partial charge in [0.1, 0.15) is 18.5 Å². The van der Waals surface area contributed by atoms with Crippen molar-refractivity contribution in [2.24, 2.45) is 5.92 Å². The minimum Gasteiger partial charge on any atom is -0.455 e. The van der Waals surface area contributed by atoms with E-state index in [9.17, 15) is 9.90 Å².